The molecule has 0 aromatic heterocycles. The quantitative estimate of drug-likeness (QED) is 0.815. The Bertz CT molecular complexity index is 421. The van der Waals surface area contributed by atoms with E-state index >= 15 is 0 Å². The summed E-state index contributed by atoms with van der Waals surface area (Å²) in [6, 6.07) is 4.77. The molecular formula is C10H11IN2O3. The molecule has 86 valence electrons. The molecule has 0 bridgehead atoms. The number of rotatable bonds is 3. The van der Waals surface area contributed by atoms with Gasteiger partial charge in [0.25, 0.3) is 5.91 Å². The zero-order valence-electron chi connectivity index (χ0n) is 8.62. The van der Waals surface area contributed by atoms with Gasteiger partial charge in [0.05, 0.1) is 3.57 Å². The summed E-state index contributed by atoms with van der Waals surface area (Å²) in [4.78, 5) is 21.5. The van der Waals surface area contributed by atoms with Gasteiger partial charge in [-0.2, -0.15) is 0 Å². The van der Waals surface area contributed by atoms with Gasteiger partial charge >= 0.3 is 6.03 Å². The first-order chi connectivity index (χ1) is 7.49. The molecule has 1 rings (SSSR count). The van der Waals surface area contributed by atoms with Crippen LogP contribution < -0.4 is 15.8 Å². The highest BCUT2D eigenvalue weighted by Crippen LogP contribution is 2.21. The van der Waals surface area contributed by atoms with Crippen molar-refractivity contribution >= 4 is 34.5 Å². The minimum Gasteiger partial charge on any atom is -0.483 e. The number of primary amides is 1. The Morgan fingerprint density at radius 3 is 2.81 bits per heavy atom. The maximum Gasteiger partial charge on any atom is 0.318 e. The van der Waals surface area contributed by atoms with Crippen LogP contribution in [-0.2, 0) is 4.79 Å². The van der Waals surface area contributed by atoms with E-state index in [1.807, 2.05) is 30.4 Å². The van der Waals surface area contributed by atoms with Crippen LogP contribution >= 0.6 is 22.6 Å². The topological polar surface area (TPSA) is 81.4 Å². The SMILES string of the molecule is Cc1ccc(I)c(OCC(=O)NC(N)=O)c1. The third kappa shape index (κ3) is 4.05. The van der Waals surface area contributed by atoms with Gasteiger partial charge in [0.2, 0.25) is 0 Å². The molecule has 0 atom stereocenters. The fourth-order valence-corrected chi connectivity index (χ4v) is 1.53. The van der Waals surface area contributed by atoms with Gasteiger partial charge in [0.1, 0.15) is 5.75 Å². The van der Waals surface area contributed by atoms with Crippen LogP contribution in [0.3, 0.4) is 0 Å². The molecule has 0 unspecified atom stereocenters. The predicted octanol–water partition coefficient (Wildman–Crippen LogP) is 1.17. The van der Waals surface area contributed by atoms with Crippen LogP contribution in [0.25, 0.3) is 0 Å². The van der Waals surface area contributed by atoms with Gasteiger partial charge in [-0.1, -0.05) is 6.07 Å². The summed E-state index contributed by atoms with van der Waals surface area (Å²) >= 11 is 2.10. The highest BCUT2D eigenvalue weighted by Gasteiger charge is 2.07. The van der Waals surface area contributed by atoms with Crippen molar-refractivity contribution in [1.82, 2.24) is 5.32 Å². The molecule has 0 aliphatic carbocycles. The van der Waals surface area contributed by atoms with Crippen molar-refractivity contribution in [3.63, 3.8) is 0 Å². The van der Waals surface area contributed by atoms with Crippen LogP contribution in [0.15, 0.2) is 18.2 Å². The lowest BCUT2D eigenvalue weighted by molar-refractivity contribution is -0.121. The van der Waals surface area contributed by atoms with Crippen LogP contribution in [0.1, 0.15) is 5.56 Å². The van der Waals surface area contributed by atoms with E-state index in [9.17, 15) is 9.59 Å². The van der Waals surface area contributed by atoms with E-state index in [1.165, 1.54) is 0 Å². The molecular weight excluding hydrogens is 323 g/mol. The molecule has 0 saturated carbocycles. The van der Waals surface area contributed by atoms with Crippen molar-refractivity contribution in [3.8, 4) is 5.75 Å². The van der Waals surface area contributed by atoms with Gasteiger partial charge in [-0.15, -0.1) is 0 Å². The summed E-state index contributed by atoms with van der Waals surface area (Å²) in [5.41, 5.74) is 5.82. The molecule has 1 aromatic rings. The standard InChI is InChI=1S/C10H11IN2O3/c1-6-2-3-7(11)8(4-6)16-5-9(14)13-10(12)15/h2-4H,5H2,1H3,(H3,12,13,14,15). The molecule has 0 heterocycles. The van der Waals surface area contributed by atoms with E-state index in [1.54, 1.807) is 0 Å². The molecule has 0 aliphatic heterocycles. The number of hydrogen-bond acceptors (Lipinski definition) is 3. The number of imide groups is 1. The zero-order valence-corrected chi connectivity index (χ0v) is 10.8. The number of aryl methyl sites for hydroxylation is 1. The van der Waals surface area contributed by atoms with Gasteiger partial charge in [-0.3, -0.25) is 10.1 Å². The summed E-state index contributed by atoms with van der Waals surface area (Å²) < 4.78 is 6.15. The Morgan fingerprint density at radius 2 is 2.19 bits per heavy atom. The van der Waals surface area contributed by atoms with Crippen molar-refractivity contribution in [2.24, 2.45) is 5.73 Å². The Labute approximate surface area is 106 Å². The molecule has 0 fully saturated rings. The lowest BCUT2D eigenvalue weighted by Gasteiger charge is -2.08. The van der Waals surface area contributed by atoms with Crippen molar-refractivity contribution in [2.75, 3.05) is 6.61 Å². The second-order valence-corrected chi connectivity index (χ2v) is 4.30. The van der Waals surface area contributed by atoms with E-state index in [4.69, 9.17) is 10.5 Å². The highest BCUT2D eigenvalue weighted by atomic mass is 127. The normalized spacial score (nSPS) is 9.62. The maximum atomic E-state index is 11.1. The average molecular weight is 334 g/mol. The van der Waals surface area contributed by atoms with Crippen LogP contribution in [0.4, 0.5) is 4.79 Å². The average Bonchev–Trinajstić information content (AvgIpc) is 2.18. The largest absolute Gasteiger partial charge is 0.483 e. The van der Waals surface area contributed by atoms with Crippen molar-refractivity contribution in [2.45, 2.75) is 6.92 Å². The number of carbonyl (C=O) groups excluding carboxylic acids is 2. The van der Waals surface area contributed by atoms with Gasteiger partial charge in [0, 0.05) is 0 Å². The minimum absolute atomic E-state index is 0.234. The molecule has 3 amide bonds. The lowest BCUT2D eigenvalue weighted by atomic mass is 10.2. The number of nitrogens with two attached hydrogens (primary N) is 1. The van der Waals surface area contributed by atoms with Crippen LogP contribution in [0.5, 0.6) is 5.75 Å². The predicted molar refractivity (Wildman–Crippen MR) is 67.1 cm³/mol. The fourth-order valence-electron chi connectivity index (χ4n) is 1.04. The van der Waals surface area contributed by atoms with Gasteiger partial charge in [0.15, 0.2) is 6.61 Å². The van der Waals surface area contributed by atoms with E-state index in [-0.39, 0.29) is 6.61 Å². The fraction of sp³-hybridized carbons (Fsp3) is 0.200. The van der Waals surface area contributed by atoms with Crippen molar-refractivity contribution < 1.29 is 14.3 Å². The maximum absolute atomic E-state index is 11.1. The van der Waals surface area contributed by atoms with Crippen molar-refractivity contribution in [3.05, 3.63) is 27.3 Å². The summed E-state index contributed by atoms with van der Waals surface area (Å²) in [6.07, 6.45) is 0. The van der Waals surface area contributed by atoms with E-state index in [2.05, 4.69) is 22.6 Å². The zero-order chi connectivity index (χ0) is 12.1. The summed E-state index contributed by atoms with van der Waals surface area (Å²) in [6.45, 7) is 1.69. The van der Waals surface area contributed by atoms with E-state index in [0.29, 0.717) is 5.75 Å². The van der Waals surface area contributed by atoms with E-state index in [0.717, 1.165) is 9.13 Å². The third-order valence-corrected chi connectivity index (χ3v) is 2.60. The minimum atomic E-state index is -0.882. The van der Waals surface area contributed by atoms with E-state index < -0.39 is 11.9 Å². The Balaban J connectivity index is 2.57. The van der Waals surface area contributed by atoms with Gasteiger partial charge in [-0.25, -0.2) is 4.79 Å². The van der Waals surface area contributed by atoms with Crippen LogP contribution in [0.2, 0.25) is 0 Å². The molecule has 0 aliphatic rings. The van der Waals surface area contributed by atoms with Crippen LogP contribution in [0, 0.1) is 10.5 Å². The number of nitrogens with one attached hydrogen (secondary N) is 1. The number of ether oxygens (including phenoxy) is 1. The number of amides is 3. The molecule has 0 spiro atoms. The number of hydrogen-bond donors (Lipinski definition) is 2. The number of benzene rings is 1. The Hall–Kier alpha value is -1.31. The molecule has 0 radical (unpaired) electrons. The third-order valence-electron chi connectivity index (χ3n) is 1.71. The first-order valence-electron chi connectivity index (χ1n) is 4.47. The lowest BCUT2D eigenvalue weighted by Crippen LogP contribution is -2.38. The summed E-state index contributed by atoms with van der Waals surface area (Å²) in [5, 5.41) is 1.92. The molecule has 3 N–H and O–H groups in total. The molecule has 1 aromatic carbocycles. The van der Waals surface area contributed by atoms with Gasteiger partial charge in [-0.05, 0) is 47.2 Å². The molecule has 16 heavy (non-hydrogen) atoms. The Kier molecular flexibility index (Phi) is 4.53. The smallest absolute Gasteiger partial charge is 0.318 e. The summed E-state index contributed by atoms with van der Waals surface area (Å²) in [7, 11) is 0. The highest BCUT2D eigenvalue weighted by molar-refractivity contribution is 14.1. The monoisotopic (exact) mass is 334 g/mol. The number of halogens is 1. The summed E-state index contributed by atoms with van der Waals surface area (Å²) in [5.74, 6) is 0.0463. The second-order valence-electron chi connectivity index (χ2n) is 3.13. The number of carbonyl (C=O) groups is 2. The molecule has 5 nitrogen and oxygen atoms in total. The molecule has 0 saturated heterocycles. The second kappa shape index (κ2) is 5.69. The first kappa shape index (κ1) is 12.8. The Morgan fingerprint density at radius 1 is 1.50 bits per heavy atom. The van der Waals surface area contributed by atoms with Gasteiger partial charge < -0.3 is 10.5 Å². The molecule has 6 heteroatoms. The van der Waals surface area contributed by atoms with Crippen LogP contribution in [-0.4, -0.2) is 18.5 Å². The number of urea groups is 1. The first-order valence-corrected chi connectivity index (χ1v) is 5.55. The van der Waals surface area contributed by atoms with Crippen molar-refractivity contribution in [1.29, 1.82) is 0 Å².